The molecule has 0 fully saturated rings. The molecule has 0 spiro atoms. The minimum Gasteiger partial charge on any atom is -0.299 e. The molecule has 0 N–H and O–H groups in total. The zero-order valence-corrected chi connectivity index (χ0v) is 11.3. The van der Waals surface area contributed by atoms with Crippen LogP contribution in [-0.4, -0.2) is 5.60 Å². The summed E-state index contributed by atoms with van der Waals surface area (Å²) < 4.78 is 29.3. The topological polar surface area (TPSA) is 9.23 Å². The smallest absolute Gasteiger partial charge is 0.299 e. The van der Waals surface area contributed by atoms with Gasteiger partial charge in [-0.3, -0.25) is 4.52 Å². The molecule has 0 heterocycles. The van der Waals surface area contributed by atoms with Crippen LogP contribution in [0.3, 0.4) is 0 Å². The lowest BCUT2D eigenvalue weighted by atomic mass is 9.81. The fourth-order valence-corrected chi connectivity index (χ4v) is 1.79. The third kappa shape index (κ3) is 6.42. The summed E-state index contributed by atoms with van der Waals surface area (Å²) in [5.74, 6) is 0. The Hall–Kier alpha value is 0.250. The summed E-state index contributed by atoms with van der Waals surface area (Å²) in [6.07, 6.45) is 3.33. The van der Waals surface area contributed by atoms with E-state index in [-0.39, 0.29) is 5.41 Å². The molecule has 92 valence electrons. The summed E-state index contributed by atoms with van der Waals surface area (Å²) in [7, 11) is -3.25. The molecule has 4 heteroatoms. The van der Waals surface area contributed by atoms with E-state index in [1.54, 1.807) is 6.92 Å². The molecule has 0 radical (unpaired) electrons. The first-order valence-corrected chi connectivity index (χ1v) is 6.59. The highest BCUT2D eigenvalue weighted by atomic mass is 31.2. The van der Waals surface area contributed by atoms with Crippen molar-refractivity contribution in [1.29, 1.82) is 0 Å². The molecule has 0 saturated heterocycles. The van der Waals surface area contributed by atoms with Gasteiger partial charge in [-0.15, -0.1) is 0 Å². The van der Waals surface area contributed by atoms with Gasteiger partial charge in [0.05, 0.1) is 5.60 Å². The number of rotatable bonds is 7. The first-order valence-electron chi connectivity index (χ1n) is 5.55. The van der Waals surface area contributed by atoms with Crippen LogP contribution in [0.15, 0.2) is 0 Å². The van der Waals surface area contributed by atoms with Crippen LogP contribution in [-0.2, 0) is 4.52 Å². The second-order valence-corrected chi connectivity index (χ2v) is 5.70. The zero-order valence-electron chi connectivity index (χ0n) is 10.4. The molecular weight excluding hydrogens is 217 g/mol. The Morgan fingerprint density at radius 2 is 1.53 bits per heavy atom. The minimum absolute atomic E-state index is 0.217. The highest BCUT2D eigenvalue weighted by molar-refractivity contribution is 7.40. The van der Waals surface area contributed by atoms with Gasteiger partial charge in [-0.25, -0.2) is 0 Å². The Morgan fingerprint density at radius 3 is 1.87 bits per heavy atom. The van der Waals surface area contributed by atoms with Crippen molar-refractivity contribution in [2.45, 2.75) is 65.9 Å². The molecule has 1 atom stereocenters. The van der Waals surface area contributed by atoms with E-state index in [9.17, 15) is 8.39 Å². The summed E-state index contributed by atoms with van der Waals surface area (Å²) >= 11 is 0. The lowest BCUT2D eigenvalue weighted by Crippen LogP contribution is -2.27. The molecule has 15 heavy (non-hydrogen) atoms. The van der Waals surface area contributed by atoms with Crippen molar-refractivity contribution in [3.05, 3.63) is 0 Å². The van der Waals surface area contributed by atoms with E-state index in [1.165, 1.54) is 0 Å². The molecule has 0 aliphatic heterocycles. The Kier molecular flexibility index (Phi) is 6.20. The molecule has 1 unspecified atom stereocenters. The van der Waals surface area contributed by atoms with Crippen LogP contribution in [0.25, 0.3) is 0 Å². The van der Waals surface area contributed by atoms with Crippen molar-refractivity contribution in [2.24, 2.45) is 5.41 Å². The first kappa shape index (κ1) is 15.2. The van der Waals surface area contributed by atoms with Gasteiger partial charge in [0, 0.05) is 0 Å². The Labute approximate surface area is 93.7 Å². The van der Waals surface area contributed by atoms with E-state index in [1.807, 2.05) is 6.92 Å². The summed E-state index contributed by atoms with van der Waals surface area (Å²) in [5, 5.41) is 0. The van der Waals surface area contributed by atoms with E-state index in [2.05, 4.69) is 20.8 Å². The van der Waals surface area contributed by atoms with Crippen molar-refractivity contribution in [3.8, 4) is 0 Å². The molecule has 0 aromatic carbocycles. The van der Waals surface area contributed by atoms with Gasteiger partial charge < -0.3 is 0 Å². The molecular formula is C11H23F2OP. The van der Waals surface area contributed by atoms with Gasteiger partial charge in [0.2, 0.25) is 0 Å². The van der Waals surface area contributed by atoms with Crippen LogP contribution < -0.4 is 0 Å². The Balaban J connectivity index is 4.20. The molecule has 0 aliphatic carbocycles. The molecule has 0 saturated carbocycles. The quantitative estimate of drug-likeness (QED) is 0.530. The summed E-state index contributed by atoms with van der Waals surface area (Å²) in [4.78, 5) is 0. The second-order valence-electron chi connectivity index (χ2n) is 5.11. The zero-order chi connectivity index (χ0) is 12.1. The number of hydrogen-bond donors (Lipinski definition) is 0. The molecule has 0 aromatic rings. The lowest BCUT2D eigenvalue weighted by molar-refractivity contribution is 0.0593. The van der Waals surface area contributed by atoms with Gasteiger partial charge in [0.15, 0.2) is 0 Å². The summed E-state index contributed by atoms with van der Waals surface area (Å²) in [6.45, 7) is 10.1. The van der Waals surface area contributed by atoms with Crippen LogP contribution in [0.5, 0.6) is 0 Å². The third-order valence-corrected chi connectivity index (χ3v) is 3.90. The minimum atomic E-state index is -3.25. The standard InChI is InChI=1S/C11H23F2OP/c1-6-10(3,4)8-9-11(5,7-2)14-15(12)13/h6-9H2,1-5H3. The van der Waals surface area contributed by atoms with Gasteiger partial charge in [-0.2, -0.15) is 8.39 Å². The SMILES string of the molecule is CCC(C)(C)CCC(C)(CC)OP(F)F. The lowest BCUT2D eigenvalue weighted by Gasteiger charge is -2.32. The van der Waals surface area contributed by atoms with E-state index >= 15 is 0 Å². The van der Waals surface area contributed by atoms with Crippen molar-refractivity contribution < 1.29 is 12.9 Å². The summed E-state index contributed by atoms with van der Waals surface area (Å²) in [6, 6.07) is 0. The maximum absolute atomic E-state index is 12.3. The Bertz CT molecular complexity index is 185. The van der Waals surface area contributed by atoms with E-state index in [0.29, 0.717) is 12.8 Å². The molecule has 0 aliphatic rings. The van der Waals surface area contributed by atoms with Crippen LogP contribution in [0, 0.1) is 5.41 Å². The van der Waals surface area contributed by atoms with Crippen molar-refractivity contribution in [1.82, 2.24) is 0 Å². The van der Waals surface area contributed by atoms with Crippen LogP contribution >= 0.6 is 8.77 Å². The van der Waals surface area contributed by atoms with Crippen molar-refractivity contribution >= 4 is 8.77 Å². The van der Waals surface area contributed by atoms with Crippen molar-refractivity contribution in [3.63, 3.8) is 0 Å². The maximum Gasteiger partial charge on any atom is 0.415 e. The van der Waals surface area contributed by atoms with Crippen molar-refractivity contribution in [2.75, 3.05) is 0 Å². The predicted octanol–water partition coefficient (Wildman–Crippen LogP) is 5.55. The highest BCUT2D eigenvalue weighted by Gasteiger charge is 2.30. The predicted molar refractivity (Wildman–Crippen MR) is 62.2 cm³/mol. The third-order valence-electron chi connectivity index (χ3n) is 3.33. The monoisotopic (exact) mass is 240 g/mol. The second kappa shape index (κ2) is 6.10. The van der Waals surface area contributed by atoms with E-state index in [4.69, 9.17) is 4.52 Å². The van der Waals surface area contributed by atoms with Crippen LogP contribution in [0.2, 0.25) is 0 Å². The molecule has 0 rings (SSSR count). The fraction of sp³-hybridized carbons (Fsp3) is 1.00. The molecule has 0 amide bonds. The van der Waals surface area contributed by atoms with Gasteiger partial charge in [0.25, 0.3) is 0 Å². The maximum atomic E-state index is 12.3. The van der Waals surface area contributed by atoms with Gasteiger partial charge >= 0.3 is 8.77 Å². The van der Waals surface area contributed by atoms with E-state index < -0.39 is 14.4 Å². The van der Waals surface area contributed by atoms with Crippen LogP contribution in [0.1, 0.15) is 60.3 Å². The molecule has 0 aromatic heterocycles. The normalized spacial score (nSPS) is 16.8. The largest absolute Gasteiger partial charge is 0.415 e. The number of hydrogen-bond acceptors (Lipinski definition) is 1. The van der Waals surface area contributed by atoms with Crippen LogP contribution in [0.4, 0.5) is 8.39 Å². The number of halogens is 2. The molecule has 0 bridgehead atoms. The summed E-state index contributed by atoms with van der Waals surface area (Å²) in [5.41, 5.74) is -0.434. The van der Waals surface area contributed by atoms with E-state index in [0.717, 1.165) is 12.8 Å². The first-order chi connectivity index (χ1) is 6.74. The van der Waals surface area contributed by atoms with Gasteiger partial charge in [-0.1, -0.05) is 34.1 Å². The highest BCUT2D eigenvalue weighted by Crippen LogP contribution is 2.47. The average molecular weight is 240 g/mol. The van der Waals surface area contributed by atoms with Gasteiger partial charge in [0.1, 0.15) is 0 Å². The fourth-order valence-electron chi connectivity index (χ4n) is 1.23. The van der Waals surface area contributed by atoms with Gasteiger partial charge in [-0.05, 0) is 31.6 Å². The molecule has 1 nitrogen and oxygen atoms in total. The Morgan fingerprint density at radius 1 is 1.00 bits per heavy atom. The average Bonchev–Trinajstić information content (AvgIpc) is 2.14.